The van der Waals surface area contributed by atoms with E-state index in [4.69, 9.17) is 10.5 Å². The summed E-state index contributed by atoms with van der Waals surface area (Å²) in [5.74, 6) is 0.309. The van der Waals surface area contributed by atoms with Gasteiger partial charge in [-0.25, -0.2) is 0 Å². The molecule has 1 atom stereocenters. The van der Waals surface area contributed by atoms with E-state index in [1.807, 2.05) is 0 Å². The molecule has 0 spiro atoms. The third-order valence-corrected chi connectivity index (χ3v) is 3.79. The average Bonchev–Trinajstić information content (AvgIpc) is 2.87. The molecule has 1 aliphatic rings. The van der Waals surface area contributed by atoms with E-state index >= 15 is 0 Å². The zero-order valence-electron chi connectivity index (χ0n) is 12.3. The van der Waals surface area contributed by atoms with Crippen molar-refractivity contribution in [2.75, 3.05) is 25.5 Å². The largest absolute Gasteiger partial charge is 0.495 e. The Balaban J connectivity index is 2.12. The maximum Gasteiger partial charge on any atom is 0.248 e. The summed E-state index contributed by atoms with van der Waals surface area (Å²) in [6, 6.07) is 6.15. The predicted octanol–water partition coefficient (Wildman–Crippen LogP) is 1.69. The third kappa shape index (κ3) is 3.22. The number of anilines is 1. The fraction of sp³-hybridized carbons (Fsp3) is 0.533. The van der Waals surface area contributed by atoms with E-state index in [2.05, 4.69) is 24.1 Å². The number of carbonyl (C=O) groups excluding carboxylic acids is 1. The molecule has 1 aliphatic heterocycles. The molecule has 1 heterocycles. The lowest BCUT2D eigenvalue weighted by Crippen LogP contribution is -2.31. The first kappa shape index (κ1) is 14.7. The topological polar surface area (TPSA) is 67.6 Å². The lowest BCUT2D eigenvalue weighted by atomic mass is 10.1. The number of ether oxygens (including phenoxy) is 1. The number of nitrogens with two attached hydrogens (primary N) is 1. The van der Waals surface area contributed by atoms with E-state index in [0.717, 1.165) is 30.9 Å². The molecule has 5 heteroatoms. The van der Waals surface area contributed by atoms with Crippen LogP contribution in [0.1, 0.15) is 30.6 Å². The molecule has 110 valence electrons. The Bertz CT molecular complexity index is 488. The van der Waals surface area contributed by atoms with Crippen LogP contribution in [0.5, 0.6) is 5.75 Å². The van der Waals surface area contributed by atoms with Crippen LogP contribution >= 0.6 is 0 Å². The highest BCUT2D eigenvalue weighted by molar-refractivity contribution is 5.94. The summed E-state index contributed by atoms with van der Waals surface area (Å²) in [6.07, 6.45) is 1.09. The van der Waals surface area contributed by atoms with Gasteiger partial charge in [-0.1, -0.05) is 0 Å². The molecule has 5 nitrogen and oxygen atoms in total. The zero-order chi connectivity index (χ0) is 14.7. The van der Waals surface area contributed by atoms with Crippen molar-refractivity contribution in [1.82, 2.24) is 4.90 Å². The van der Waals surface area contributed by atoms with Crippen LogP contribution in [0, 0.1) is 0 Å². The molecule has 1 aromatic carbocycles. The summed E-state index contributed by atoms with van der Waals surface area (Å²) in [6.45, 7) is 6.50. The fourth-order valence-corrected chi connectivity index (χ4v) is 2.57. The van der Waals surface area contributed by atoms with E-state index in [-0.39, 0.29) is 0 Å². The van der Waals surface area contributed by atoms with Crippen LogP contribution in [0.15, 0.2) is 18.2 Å². The van der Waals surface area contributed by atoms with Crippen molar-refractivity contribution in [2.24, 2.45) is 5.73 Å². The van der Waals surface area contributed by atoms with Crippen LogP contribution in [-0.2, 0) is 0 Å². The summed E-state index contributed by atoms with van der Waals surface area (Å²) < 4.78 is 5.34. The molecule has 1 amide bonds. The molecule has 1 aromatic rings. The third-order valence-electron chi connectivity index (χ3n) is 3.79. The predicted molar refractivity (Wildman–Crippen MR) is 80.2 cm³/mol. The second-order valence-electron chi connectivity index (χ2n) is 5.50. The summed E-state index contributed by atoms with van der Waals surface area (Å²) in [5.41, 5.74) is 6.65. The van der Waals surface area contributed by atoms with Gasteiger partial charge in [0.05, 0.1) is 12.8 Å². The van der Waals surface area contributed by atoms with Crippen LogP contribution in [-0.4, -0.2) is 43.1 Å². The normalized spacial score (nSPS) is 19.3. The molecule has 0 radical (unpaired) electrons. The number of benzene rings is 1. The zero-order valence-corrected chi connectivity index (χ0v) is 12.3. The highest BCUT2D eigenvalue weighted by Crippen LogP contribution is 2.28. The molecule has 3 N–H and O–H groups in total. The van der Waals surface area contributed by atoms with Gasteiger partial charge in [0.1, 0.15) is 5.75 Å². The highest BCUT2D eigenvalue weighted by Gasteiger charge is 2.24. The summed E-state index contributed by atoms with van der Waals surface area (Å²) in [7, 11) is 1.62. The number of methoxy groups -OCH3 is 1. The standard InChI is InChI=1S/C15H23N3O2/c1-10(2)18-7-6-12(9-18)17-13-8-11(15(16)19)4-5-14(13)20-3/h4-5,8,10,12,17H,6-7,9H2,1-3H3,(H2,16,19). The van der Waals surface area contributed by atoms with Gasteiger partial charge in [-0.05, 0) is 38.5 Å². The Morgan fingerprint density at radius 1 is 1.50 bits per heavy atom. The number of primary amides is 1. The molecule has 2 rings (SSSR count). The van der Waals surface area contributed by atoms with Gasteiger partial charge in [-0.15, -0.1) is 0 Å². The van der Waals surface area contributed by atoms with Crippen molar-refractivity contribution >= 4 is 11.6 Å². The number of hydrogen-bond donors (Lipinski definition) is 2. The van der Waals surface area contributed by atoms with Crippen molar-refractivity contribution in [3.05, 3.63) is 23.8 Å². The smallest absolute Gasteiger partial charge is 0.248 e. The second-order valence-corrected chi connectivity index (χ2v) is 5.50. The van der Waals surface area contributed by atoms with Crippen LogP contribution in [0.25, 0.3) is 0 Å². The monoisotopic (exact) mass is 277 g/mol. The second kappa shape index (κ2) is 6.13. The van der Waals surface area contributed by atoms with Gasteiger partial charge < -0.3 is 15.8 Å². The van der Waals surface area contributed by atoms with Crippen molar-refractivity contribution in [3.63, 3.8) is 0 Å². The number of rotatable bonds is 5. The maximum atomic E-state index is 11.3. The van der Waals surface area contributed by atoms with Crippen molar-refractivity contribution in [3.8, 4) is 5.75 Å². The average molecular weight is 277 g/mol. The van der Waals surface area contributed by atoms with Gasteiger partial charge in [0.2, 0.25) is 5.91 Å². The van der Waals surface area contributed by atoms with Crippen molar-refractivity contribution < 1.29 is 9.53 Å². The Morgan fingerprint density at radius 3 is 2.80 bits per heavy atom. The SMILES string of the molecule is COc1ccc(C(N)=O)cc1NC1CCN(C(C)C)C1. The first-order valence-corrected chi connectivity index (χ1v) is 6.99. The van der Waals surface area contributed by atoms with E-state index in [9.17, 15) is 4.79 Å². The lowest BCUT2D eigenvalue weighted by Gasteiger charge is -2.21. The summed E-state index contributed by atoms with van der Waals surface area (Å²) in [5, 5.41) is 3.47. The van der Waals surface area contributed by atoms with Crippen LogP contribution < -0.4 is 15.8 Å². The number of nitrogens with zero attached hydrogens (tertiary/aromatic N) is 1. The molecule has 1 saturated heterocycles. The van der Waals surface area contributed by atoms with Crippen LogP contribution in [0.4, 0.5) is 5.69 Å². The Labute approximate surface area is 120 Å². The minimum absolute atomic E-state index is 0.370. The molecule has 0 aliphatic carbocycles. The van der Waals surface area contributed by atoms with Gasteiger partial charge in [0, 0.05) is 30.7 Å². The van der Waals surface area contributed by atoms with E-state index in [1.165, 1.54) is 0 Å². The summed E-state index contributed by atoms with van der Waals surface area (Å²) >= 11 is 0. The molecule has 0 bridgehead atoms. The van der Waals surface area contributed by atoms with Crippen LogP contribution in [0.3, 0.4) is 0 Å². The Morgan fingerprint density at radius 2 is 2.25 bits per heavy atom. The van der Waals surface area contributed by atoms with Gasteiger partial charge in [0.15, 0.2) is 0 Å². The van der Waals surface area contributed by atoms with Gasteiger partial charge in [0.25, 0.3) is 0 Å². The fourth-order valence-electron chi connectivity index (χ4n) is 2.57. The van der Waals surface area contributed by atoms with E-state index in [0.29, 0.717) is 17.6 Å². The molecule has 0 aromatic heterocycles. The lowest BCUT2D eigenvalue weighted by molar-refractivity contribution is 0.100. The quantitative estimate of drug-likeness (QED) is 0.859. The van der Waals surface area contributed by atoms with Gasteiger partial charge >= 0.3 is 0 Å². The number of hydrogen-bond acceptors (Lipinski definition) is 4. The molecular weight excluding hydrogens is 254 g/mol. The molecule has 0 saturated carbocycles. The molecular formula is C15H23N3O2. The molecule has 1 unspecified atom stereocenters. The molecule has 20 heavy (non-hydrogen) atoms. The number of nitrogens with one attached hydrogen (secondary N) is 1. The van der Waals surface area contributed by atoms with Crippen LogP contribution in [0.2, 0.25) is 0 Å². The maximum absolute atomic E-state index is 11.3. The van der Waals surface area contributed by atoms with E-state index < -0.39 is 5.91 Å². The van der Waals surface area contributed by atoms with Crippen molar-refractivity contribution in [1.29, 1.82) is 0 Å². The first-order valence-electron chi connectivity index (χ1n) is 6.99. The number of amides is 1. The Kier molecular flexibility index (Phi) is 4.49. The first-order chi connectivity index (χ1) is 9.51. The minimum atomic E-state index is -0.425. The summed E-state index contributed by atoms with van der Waals surface area (Å²) in [4.78, 5) is 13.7. The van der Waals surface area contributed by atoms with Crippen molar-refractivity contribution in [2.45, 2.75) is 32.4 Å². The van der Waals surface area contributed by atoms with E-state index in [1.54, 1.807) is 25.3 Å². The highest BCUT2D eigenvalue weighted by atomic mass is 16.5. The minimum Gasteiger partial charge on any atom is -0.495 e. The van der Waals surface area contributed by atoms with Gasteiger partial charge in [-0.2, -0.15) is 0 Å². The van der Waals surface area contributed by atoms with Gasteiger partial charge in [-0.3, -0.25) is 9.69 Å². The molecule has 1 fully saturated rings. The number of likely N-dealkylation sites (tertiary alicyclic amines) is 1. The number of carbonyl (C=O) groups is 1. The Hall–Kier alpha value is -1.75.